The number of anilines is 1. The fourth-order valence-corrected chi connectivity index (χ4v) is 1.44. The van der Waals surface area contributed by atoms with Crippen LogP contribution in [0.1, 0.15) is 18.9 Å². The van der Waals surface area contributed by atoms with Crippen LogP contribution in [0.25, 0.3) is 0 Å². The second-order valence-electron chi connectivity index (χ2n) is 3.80. The van der Waals surface area contributed by atoms with Crippen LogP contribution in [0, 0.1) is 12.3 Å². The predicted octanol–water partition coefficient (Wildman–Crippen LogP) is 1.34. The Bertz CT molecular complexity index is 407. The summed E-state index contributed by atoms with van der Waals surface area (Å²) in [4.78, 5) is 11.6. The van der Waals surface area contributed by atoms with Crippen molar-refractivity contribution in [2.45, 2.75) is 25.8 Å². The highest BCUT2D eigenvalue weighted by Gasteiger charge is 2.07. The molecule has 0 spiro atoms. The predicted molar refractivity (Wildman–Crippen MR) is 65.6 cm³/mol. The minimum atomic E-state index is -0.0339. The molecule has 0 aromatic heterocycles. The number of hydrogen-bond donors (Lipinski definition) is 2. The Morgan fingerprint density at radius 1 is 1.62 bits per heavy atom. The van der Waals surface area contributed by atoms with Crippen LogP contribution < -0.4 is 11.1 Å². The van der Waals surface area contributed by atoms with Crippen LogP contribution >= 0.6 is 0 Å². The third-order valence-corrected chi connectivity index (χ3v) is 2.15. The van der Waals surface area contributed by atoms with Gasteiger partial charge < -0.3 is 11.1 Å². The third-order valence-electron chi connectivity index (χ3n) is 2.15. The molecule has 1 unspecified atom stereocenters. The Hall–Kier alpha value is -1.95. The van der Waals surface area contributed by atoms with E-state index in [0.29, 0.717) is 18.5 Å². The van der Waals surface area contributed by atoms with Crippen LogP contribution in [0.2, 0.25) is 0 Å². The number of carbonyl (C=O) groups excluding carboxylic acids is 1. The van der Waals surface area contributed by atoms with E-state index in [9.17, 15) is 4.79 Å². The molecule has 16 heavy (non-hydrogen) atoms. The van der Waals surface area contributed by atoms with E-state index in [2.05, 4.69) is 11.2 Å². The van der Waals surface area contributed by atoms with E-state index in [4.69, 9.17) is 12.2 Å². The maximum atomic E-state index is 11.6. The molecule has 0 bridgehead atoms. The van der Waals surface area contributed by atoms with E-state index >= 15 is 0 Å². The van der Waals surface area contributed by atoms with Crippen LogP contribution in [0.3, 0.4) is 0 Å². The van der Waals surface area contributed by atoms with Crippen molar-refractivity contribution >= 4 is 11.6 Å². The minimum Gasteiger partial charge on any atom is -0.399 e. The quantitative estimate of drug-likeness (QED) is 0.589. The van der Waals surface area contributed by atoms with Crippen molar-refractivity contribution in [2.24, 2.45) is 0 Å². The summed E-state index contributed by atoms with van der Waals surface area (Å²) in [6.45, 7) is 1.89. The standard InChI is InChI=1S/C13H16N2O/c1-3-5-10(2)15-13(16)9-11-6-4-7-12(14)8-11/h1,4,6-8,10H,5,9,14H2,2H3,(H,15,16). The maximum Gasteiger partial charge on any atom is 0.224 e. The van der Waals surface area contributed by atoms with E-state index in [0.717, 1.165) is 5.56 Å². The van der Waals surface area contributed by atoms with E-state index in [1.54, 1.807) is 12.1 Å². The molecule has 0 aliphatic heterocycles. The molecule has 0 radical (unpaired) electrons. The van der Waals surface area contributed by atoms with E-state index in [-0.39, 0.29) is 11.9 Å². The number of nitrogens with one attached hydrogen (secondary N) is 1. The van der Waals surface area contributed by atoms with Gasteiger partial charge in [0.15, 0.2) is 0 Å². The Labute approximate surface area is 96.0 Å². The number of benzene rings is 1. The van der Waals surface area contributed by atoms with Gasteiger partial charge in [-0.3, -0.25) is 4.79 Å². The van der Waals surface area contributed by atoms with Crippen LogP contribution in [0.15, 0.2) is 24.3 Å². The largest absolute Gasteiger partial charge is 0.399 e. The normalized spacial score (nSPS) is 11.5. The van der Waals surface area contributed by atoms with Crippen molar-refractivity contribution in [1.29, 1.82) is 0 Å². The van der Waals surface area contributed by atoms with Gasteiger partial charge in [0.25, 0.3) is 0 Å². The smallest absolute Gasteiger partial charge is 0.224 e. The van der Waals surface area contributed by atoms with Crippen molar-refractivity contribution in [3.8, 4) is 12.3 Å². The first-order valence-corrected chi connectivity index (χ1v) is 5.19. The lowest BCUT2D eigenvalue weighted by Crippen LogP contribution is -2.33. The van der Waals surface area contributed by atoms with Gasteiger partial charge in [-0.05, 0) is 24.6 Å². The molecule has 0 aliphatic rings. The zero-order valence-electron chi connectivity index (χ0n) is 9.36. The van der Waals surface area contributed by atoms with Gasteiger partial charge in [-0.15, -0.1) is 12.3 Å². The SMILES string of the molecule is C#CCC(C)NC(=O)Cc1cccc(N)c1. The molecule has 1 aromatic carbocycles. The topological polar surface area (TPSA) is 55.1 Å². The molecule has 0 saturated heterocycles. The van der Waals surface area contributed by atoms with Crippen molar-refractivity contribution in [1.82, 2.24) is 5.32 Å². The van der Waals surface area contributed by atoms with Gasteiger partial charge in [-0.25, -0.2) is 0 Å². The number of nitrogens with two attached hydrogens (primary N) is 1. The highest BCUT2D eigenvalue weighted by atomic mass is 16.1. The summed E-state index contributed by atoms with van der Waals surface area (Å²) in [5.74, 6) is 2.48. The summed E-state index contributed by atoms with van der Waals surface area (Å²) in [5, 5.41) is 2.83. The molecule has 0 fully saturated rings. The second-order valence-corrected chi connectivity index (χ2v) is 3.80. The highest BCUT2D eigenvalue weighted by Crippen LogP contribution is 2.07. The molecule has 0 heterocycles. The average molecular weight is 216 g/mol. The number of amides is 1. The van der Waals surface area contributed by atoms with Crippen LogP contribution in [-0.4, -0.2) is 11.9 Å². The number of nitrogen functional groups attached to an aromatic ring is 1. The minimum absolute atomic E-state index is 0.0126. The first-order valence-electron chi connectivity index (χ1n) is 5.19. The summed E-state index contributed by atoms with van der Waals surface area (Å²) in [6, 6.07) is 7.32. The zero-order chi connectivity index (χ0) is 12.0. The zero-order valence-corrected chi connectivity index (χ0v) is 9.36. The van der Waals surface area contributed by atoms with E-state index < -0.39 is 0 Å². The van der Waals surface area contributed by atoms with Gasteiger partial charge in [0.2, 0.25) is 5.91 Å². The van der Waals surface area contributed by atoms with Gasteiger partial charge in [0.05, 0.1) is 6.42 Å². The third kappa shape index (κ3) is 4.05. The van der Waals surface area contributed by atoms with E-state index in [1.807, 2.05) is 19.1 Å². The van der Waals surface area contributed by atoms with Crippen LogP contribution in [-0.2, 0) is 11.2 Å². The first kappa shape index (κ1) is 12.1. The Kier molecular flexibility index (Phi) is 4.41. The van der Waals surface area contributed by atoms with Gasteiger partial charge in [-0.2, -0.15) is 0 Å². The fourth-order valence-electron chi connectivity index (χ4n) is 1.44. The molecule has 1 amide bonds. The van der Waals surface area contributed by atoms with Crippen molar-refractivity contribution in [2.75, 3.05) is 5.73 Å². The summed E-state index contributed by atoms with van der Waals surface area (Å²) < 4.78 is 0. The molecule has 3 nitrogen and oxygen atoms in total. The number of terminal acetylenes is 1. The average Bonchev–Trinajstić information content (AvgIpc) is 2.17. The molecule has 1 atom stereocenters. The molecular formula is C13H16N2O. The summed E-state index contributed by atoms with van der Waals surface area (Å²) in [6.07, 6.45) is 6.04. The summed E-state index contributed by atoms with van der Waals surface area (Å²) in [7, 11) is 0. The molecule has 84 valence electrons. The Morgan fingerprint density at radius 2 is 2.38 bits per heavy atom. The molecule has 0 saturated carbocycles. The van der Waals surface area contributed by atoms with Crippen molar-refractivity contribution in [3.05, 3.63) is 29.8 Å². The number of carbonyl (C=O) groups is 1. The molecule has 3 N–H and O–H groups in total. The van der Waals surface area contributed by atoms with E-state index in [1.165, 1.54) is 0 Å². The lowest BCUT2D eigenvalue weighted by Gasteiger charge is -2.10. The first-order chi connectivity index (χ1) is 7.61. The molecule has 3 heteroatoms. The van der Waals surface area contributed by atoms with Gasteiger partial charge in [0.1, 0.15) is 0 Å². The highest BCUT2D eigenvalue weighted by molar-refractivity contribution is 5.79. The summed E-state index contributed by atoms with van der Waals surface area (Å²) >= 11 is 0. The Morgan fingerprint density at radius 3 is 3.00 bits per heavy atom. The van der Waals surface area contributed by atoms with Gasteiger partial charge in [-0.1, -0.05) is 12.1 Å². The maximum absolute atomic E-state index is 11.6. The van der Waals surface area contributed by atoms with Crippen LogP contribution in [0.5, 0.6) is 0 Å². The fraction of sp³-hybridized carbons (Fsp3) is 0.308. The lowest BCUT2D eigenvalue weighted by molar-refractivity contribution is -0.121. The van der Waals surface area contributed by atoms with Crippen molar-refractivity contribution < 1.29 is 4.79 Å². The molecule has 1 aromatic rings. The molecule has 1 rings (SSSR count). The monoisotopic (exact) mass is 216 g/mol. The second kappa shape index (κ2) is 5.82. The number of rotatable bonds is 4. The summed E-state index contributed by atoms with van der Waals surface area (Å²) in [5.41, 5.74) is 7.20. The van der Waals surface area contributed by atoms with Crippen LogP contribution in [0.4, 0.5) is 5.69 Å². The lowest BCUT2D eigenvalue weighted by atomic mass is 10.1. The Balaban J connectivity index is 2.49. The molecule has 0 aliphatic carbocycles. The van der Waals surface area contributed by atoms with Gasteiger partial charge >= 0.3 is 0 Å². The van der Waals surface area contributed by atoms with Crippen molar-refractivity contribution in [3.63, 3.8) is 0 Å². The molecular weight excluding hydrogens is 200 g/mol. The number of hydrogen-bond acceptors (Lipinski definition) is 2. The van der Waals surface area contributed by atoms with Gasteiger partial charge in [0, 0.05) is 18.2 Å².